The maximum atomic E-state index is 5.15. The van der Waals surface area contributed by atoms with Gasteiger partial charge in [0.25, 0.3) is 0 Å². The molecule has 0 spiro atoms. The van der Waals surface area contributed by atoms with E-state index in [0.717, 1.165) is 33.8 Å². The van der Waals surface area contributed by atoms with Crippen LogP contribution in [0, 0.1) is 41.5 Å². The lowest BCUT2D eigenvalue weighted by atomic mass is 9.97. The molecule has 2 nitrogen and oxygen atoms in total. The Kier molecular flexibility index (Phi) is 5.26. The summed E-state index contributed by atoms with van der Waals surface area (Å²) >= 11 is 0. The standard InChI is InChI=1S/C28H28N2/c1-17-7-18(2)11-23(10-17)26-16-29-27(24-12-19(3)8-20(4)13-24)28(30-26)25-14-21(5)9-22(6)15-25/h7-16H,1-6H3. The number of benzene rings is 3. The first kappa shape index (κ1) is 20.0. The zero-order valence-corrected chi connectivity index (χ0v) is 18.7. The number of aryl methyl sites for hydroxylation is 6. The molecule has 3 aromatic carbocycles. The Bertz CT molecular complexity index is 1190. The van der Waals surface area contributed by atoms with Crippen LogP contribution in [-0.2, 0) is 0 Å². The zero-order chi connectivity index (χ0) is 21.4. The topological polar surface area (TPSA) is 25.8 Å². The fraction of sp³-hybridized carbons (Fsp3) is 0.214. The van der Waals surface area contributed by atoms with E-state index in [1.165, 1.54) is 33.4 Å². The fourth-order valence-electron chi connectivity index (χ4n) is 4.29. The Morgan fingerprint density at radius 2 is 0.800 bits per heavy atom. The van der Waals surface area contributed by atoms with E-state index in [1.54, 1.807) is 0 Å². The van der Waals surface area contributed by atoms with Crippen LogP contribution in [0.25, 0.3) is 33.8 Å². The third kappa shape index (κ3) is 4.18. The maximum Gasteiger partial charge on any atom is 0.0972 e. The van der Waals surface area contributed by atoms with E-state index >= 15 is 0 Å². The zero-order valence-electron chi connectivity index (χ0n) is 18.7. The SMILES string of the molecule is Cc1cc(C)cc(-c2cnc(-c3cc(C)cc(C)c3)c(-c3cc(C)cc(C)c3)n2)c1. The molecule has 30 heavy (non-hydrogen) atoms. The van der Waals surface area contributed by atoms with Crippen molar-refractivity contribution in [1.82, 2.24) is 9.97 Å². The average Bonchev–Trinajstić information content (AvgIpc) is 2.65. The van der Waals surface area contributed by atoms with E-state index in [1.807, 2.05) is 6.20 Å². The van der Waals surface area contributed by atoms with Gasteiger partial charge in [-0.1, -0.05) is 51.6 Å². The van der Waals surface area contributed by atoms with E-state index in [9.17, 15) is 0 Å². The number of hydrogen-bond acceptors (Lipinski definition) is 2. The molecule has 0 radical (unpaired) electrons. The van der Waals surface area contributed by atoms with Crippen LogP contribution in [0.2, 0.25) is 0 Å². The van der Waals surface area contributed by atoms with Gasteiger partial charge in [0.2, 0.25) is 0 Å². The normalized spacial score (nSPS) is 11.0. The maximum absolute atomic E-state index is 5.15. The minimum absolute atomic E-state index is 0.907. The lowest BCUT2D eigenvalue weighted by Gasteiger charge is -2.14. The van der Waals surface area contributed by atoms with Crippen molar-refractivity contribution in [1.29, 1.82) is 0 Å². The summed E-state index contributed by atoms with van der Waals surface area (Å²) in [5, 5.41) is 0. The van der Waals surface area contributed by atoms with Gasteiger partial charge in [-0.3, -0.25) is 4.98 Å². The van der Waals surface area contributed by atoms with Crippen molar-refractivity contribution in [3.8, 4) is 33.8 Å². The number of aromatic nitrogens is 2. The summed E-state index contributed by atoms with van der Waals surface area (Å²) in [4.78, 5) is 10.1. The summed E-state index contributed by atoms with van der Waals surface area (Å²) in [6, 6.07) is 19.7. The monoisotopic (exact) mass is 392 g/mol. The molecule has 1 heterocycles. The molecule has 0 bridgehead atoms. The summed E-state index contributed by atoms with van der Waals surface area (Å²) in [7, 11) is 0. The summed E-state index contributed by atoms with van der Waals surface area (Å²) < 4.78 is 0. The highest BCUT2D eigenvalue weighted by atomic mass is 14.8. The van der Waals surface area contributed by atoms with Crippen LogP contribution in [0.3, 0.4) is 0 Å². The van der Waals surface area contributed by atoms with Crippen LogP contribution in [0.5, 0.6) is 0 Å². The number of nitrogens with zero attached hydrogens (tertiary/aromatic N) is 2. The Balaban J connectivity index is 1.98. The van der Waals surface area contributed by atoms with E-state index in [-0.39, 0.29) is 0 Å². The molecule has 4 aromatic rings. The largest absolute Gasteiger partial charge is 0.252 e. The van der Waals surface area contributed by atoms with Gasteiger partial charge in [-0.15, -0.1) is 0 Å². The molecule has 0 aliphatic rings. The molecule has 0 saturated heterocycles. The quantitative estimate of drug-likeness (QED) is 0.365. The van der Waals surface area contributed by atoms with Gasteiger partial charge in [-0.05, 0) is 77.9 Å². The molecule has 1 aromatic heterocycles. The second-order valence-corrected chi connectivity index (χ2v) is 8.58. The Morgan fingerprint density at radius 3 is 1.23 bits per heavy atom. The lowest BCUT2D eigenvalue weighted by molar-refractivity contribution is 1.20. The molecule has 0 fully saturated rings. The van der Waals surface area contributed by atoms with Gasteiger partial charge in [0.15, 0.2) is 0 Å². The molecule has 0 amide bonds. The van der Waals surface area contributed by atoms with Crippen molar-refractivity contribution in [2.75, 3.05) is 0 Å². The summed E-state index contributed by atoms with van der Waals surface area (Å²) in [6.07, 6.45) is 1.91. The number of hydrogen-bond donors (Lipinski definition) is 0. The third-order valence-electron chi connectivity index (χ3n) is 5.28. The molecule has 150 valence electrons. The molecule has 0 N–H and O–H groups in total. The number of rotatable bonds is 3. The second kappa shape index (κ2) is 7.87. The minimum atomic E-state index is 0.907. The lowest BCUT2D eigenvalue weighted by Crippen LogP contribution is -1.98. The second-order valence-electron chi connectivity index (χ2n) is 8.58. The highest BCUT2D eigenvalue weighted by molar-refractivity contribution is 5.80. The van der Waals surface area contributed by atoms with E-state index < -0.39 is 0 Å². The van der Waals surface area contributed by atoms with Crippen molar-refractivity contribution in [3.05, 3.63) is 94.2 Å². The van der Waals surface area contributed by atoms with Crippen molar-refractivity contribution in [2.45, 2.75) is 41.5 Å². The third-order valence-corrected chi connectivity index (χ3v) is 5.28. The summed E-state index contributed by atoms with van der Waals surface area (Å²) in [6.45, 7) is 12.8. The van der Waals surface area contributed by atoms with Crippen LogP contribution in [-0.4, -0.2) is 9.97 Å². The molecule has 0 atom stereocenters. The molecule has 0 aliphatic carbocycles. The van der Waals surface area contributed by atoms with Gasteiger partial charge in [-0.25, -0.2) is 4.98 Å². The van der Waals surface area contributed by atoms with Gasteiger partial charge >= 0.3 is 0 Å². The first-order valence-corrected chi connectivity index (χ1v) is 10.4. The van der Waals surface area contributed by atoms with Crippen LogP contribution in [0.4, 0.5) is 0 Å². The first-order valence-electron chi connectivity index (χ1n) is 10.4. The predicted molar refractivity (Wildman–Crippen MR) is 127 cm³/mol. The van der Waals surface area contributed by atoms with Crippen molar-refractivity contribution >= 4 is 0 Å². The minimum Gasteiger partial charge on any atom is -0.252 e. The molecule has 0 unspecified atom stereocenters. The molecular formula is C28H28N2. The van der Waals surface area contributed by atoms with Crippen molar-refractivity contribution < 1.29 is 0 Å². The fourth-order valence-corrected chi connectivity index (χ4v) is 4.29. The van der Waals surface area contributed by atoms with Crippen LogP contribution >= 0.6 is 0 Å². The molecule has 4 rings (SSSR count). The first-order chi connectivity index (χ1) is 14.3. The van der Waals surface area contributed by atoms with Gasteiger partial charge in [0, 0.05) is 16.7 Å². The van der Waals surface area contributed by atoms with Gasteiger partial charge in [0.05, 0.1) is 23.3 Å². The Labute approximate surface area is 179 Å². The van der Waals surface area contributed by atoms with Crippen molar-refractivity contribution in [3.63, 3.8) is 0 Å². The molecule has 2 heteroatoms. The smallest absolute Gasteiger partial charge is 0.0972 e. The molecule has 0 aliphatic heterocycles. The van der Waals surface area contributed by atoms with E-state index in [0.29, 0.717) is 0 Å². The van der Waals surface area contributed by atoms with Crippen molar-refractivity contribution in [2.24, 2.45) is 0 Å². The summed E-state index contributed by atoms with van der Waals surface area (Å²) in [5.41, 5.74) is 13.5. The average molecular weight is 393 g/mol. The van der Waals surface area contributed by atoms with Gasteiger partial charge < -0.3 is 0 Å². The Hall–Kier alpha value is -3.26. The van der Waals surface area contributed by atoms with Gasteiger partial charge in [0.1, 0.15) is 0 Å². The molecule has 0 saturated carbocycles. The van der Waals surface area contributed by atoms with Crippen LogP contribution < -0.4 is 0 Å². The highest BCUT2D eigenvalue weighted by Crippen LogP contribution is 2.33. The van der Waals surface area contributed by atoms with Crippen LogP contribution in [0.1, 0.15) is 33.4 Å². The highest BCUT2D eigenvalue weighted by Gasteiger charge is 2.15. The predicted octanol–water partition coefficient (Wildman–Crippen LogP) is 7.33. The summed E-state index contributed by atoms with van der Waals surface area (Å²) in [5.74, 6) is 0. The van der Waals surface area contributed by atoms with E-state index in [4.69, 9.17) is 9.97 Å². The van der Waals surface area contributed by atoms with Gasteiger partial charge in [-0.2, -0.15) is 0 Å². The Morgan fingerprint density at radius 1 is 0.433 bits per heavy atom. The van der Waals surface area contributed by atoms with Crippen LogP contribution in [0.15, 0.2) is 60.8 Å². The molecular weight excluding hydrogens is 364 g/mol. The van der Waals surface area contributed by atoms with E-state index in [2.05, 4.69) is 96.1 Å².